The highest BCUT2D eigenvalue weighted by molar-refractivity contribution is 5.86. The van der Waals surface area contributed by atoms with E-state index in [-0.39, 0.29) is 0 Å². The van der Waals surface area contributed by atoms with Gasteiger partial charge in [0.2, 0.25) is 0 Å². The minimum absolute atomic E-state index is 0.860. The molecule has 0 radical (unpaired) electrons. The maximum Gasteiger partial charge on any atom is 0.126 e. The van der Waals surface area contributed by atoms with E-state index in [1.54, 1.807) is 14.2 Å². The summed E-state index contributed by atoms with van der Waals surface area (Å²) in [5, 5.41) is 0. The van der Waals surface area contributed by atoms with E-state index in [2.05, 4.69) is 42.5 Å². The zero-order valence-corrected chi connectivity index (χ0v) is 12.7. The van der Waals surface area contributed by atoms with Crippen LogP contribution in [0.4, 0.5) is 0 Å². The van der Waals surface area contributed by atoms with Crippen molar-refractivity contribution >= 4 is 0 Å². The lowest BCUT2D eigenvalue weighted by molar-refractivity contribution is 0.415. The molecule has 0 aliphatic carbocycles. The van der Waals surface area contributed by atoms with Crippen LogP contribution in [-0.4, -0.2) is 14.2 Å². The van der Waals surface area contributed by atoms with Crippen LogP contribution in [0.25, 0.3) is 22.3 Å². The van der Waals surface area contributed by atoms with Crippen molar-refractivity contribution in [1.82, 2.24) is 0 Å². The number of ether oxygens (including phenoxy) is 2. The quantitative estimate of drug-likeness (QED) is 0.670. The topological polar surface area (TPSA) is 18.5 Å². The third kappa shape index (κ3) is 2.68. The van der Waals surface area contributed by atoms with Crippen LogP contribution in [-0.2, 0) is 0 Å². The fourth-order valence-electron chi connectivity index (χ4n) is 2.61. The molecule has 3 aromatic rings. The number of benzene rings is 3. The zero-order chi connectivity index (χ0) is 15.4. The molecule has 0 saturated heterocycles. The van der Waals surface area contributed by atoms with Crippen molar-refractivity contribution in [3.05, 3.63) is 72.8 Å². The van der Waals surface area contributed by atoms with E-state index in [1.807, 2.05) is 30.3 Å². The molecule has 0 heterocycles. The molecule has 2 heteroatoms. The third-order valence-corrected chi connectivity index (χ3v) is 3.73. The van der Waals surface area contributed by atoms with Gasteiger partial charge in [0, 0.05) is 5.56 Å². The highest BCUT2D eigenvalue weighted by atomic mass is 16.5. The van der Waals surface area contributed by atoms with Gasteiger partial charge in [0.1, 0.15) is 11.5 Å². The molecule has 0 unspecified atom stereocenters. The predicted molar refractivity (Wildman–Crippen MR) is 90.4 cm³/mol. The Hall–Kier alpha value is -2.74. The van der Waals surface area contributed by atoms with Crippen LogP contribution >= 0.6 is 0 Å². The van der Waals surface area contributed by atoms with Crippen molar-refractivity contribution in [3.8, 4) is 33.8 Å². The molecule has 0 N–H and O–H groups in total. The summed E-state index contributed by atoms with van der Waals surface area (Å²) >= 11 is 0. The number of rotatable bonds is 4. The monoisotopic (exact) mass is 290 g/mol. The molecule has 110 valence electrons. The second kappa shape index (κ2) is 6.35. The number of methoxy groups -OCH3 is 2. The first-order valence-electron chi connectivity index (χ1n) is 7.20. The van der Waals surface area contributed by atoms with E-state index in [0.29, 0.717) is 0 Å². The molecule has 0 aliphatic rings. The van der Waals surface area contributed by atoms with Crippen molar-refractivity contribution in [2.45, 2.75) is 0 Å². The first-order valence-corrected chi connectivity index (χ1v) is 7.20. The molecule has 3 aromatic carbocycles. The molecule has 0 spiro atoms. The molecule has 0 saturated carbocycles. The molecular formula is C20H18O2. The largest absolute Gasteiger partial charge is 0.497 e. The highest BCUT2D eigenvalue weighted by Crippen LogP contribution is 2.37. The third-order valence-electron chi connectivity index (χ3n) is 3.73. The number of para-hydroxylation sites is 1. The van der Waals surface area contributed by atoms with Crippen molar-refractivity contribution in [2.24, 2.45) is 0 Å². The molecule has 3 rings (SSSR count). The van der Waals surface area contributed by atoms with Gasteiger partial charge in [0.05, 0.1) is 14.2 Å². The Kier molecular flexibility index (Phi) is 4.10. The van der Waals surface area contributed by atoms with Gasteiger partial charge in [-0.15, -0.1) is 0 Å². The van der Waals surface area contributed by atoms with Crippen molar-refractivity contribution in [1.29, 1.82) is 0 Å². The molecule has 22 heavy (non-hydrogen) atoms. The van der Waals surface area contributed by atoms with E-state index in [0.717, 1.165) is 28.2 Å². The predicted octanol–water partition coefficient (Wildman–Crippen LogP) is 5.04. The van der Waals surface area contributed by atoms with E-state index >= 15 is 0 Å². The van der Waals surface area contributed by atoms with Crippen LogP contribution in [0.2, 0.25) is 0 Å². The number of hydrogen-bond donors (Lipinski definition) is 0. The Labute approximate surface area is 131 Å². The van der Waals surface area contributed by atoms with Gasteiger partial charge in [-0.3, -0.25) is 0 Å². The summed E-state index contributed by atoms with van der Waals surface area (Å²) in [5.41, 5.74) is 4.58. The van der Waals surface area contributed by atoms with Gasteiger partial charge in [0.15, 0.2) is 0 Å². The molecule has 0 amide bonds. The van der Waals surface area contributed by atoms with Crippen LogP contribution in [0.15, 0.2) is 72.8 Å². The molecule has 2 nitrogen and oxygen atoms in total. The highest BCUT2D eigenvalue weighted by Gasteiger charge is 2.10. The van der Waals surface area contributed by atoms with Gasteiger partial charge in [-0.25, -0.2) is 0 Å². The van der Waals surface area contributed by atoms with Crippen LogP contribution in [0.3, 0.4) is 0 Å². The Balaban J connectivity index is 2.13. The maximum atomic E-state index is 5.51. The van der Waals surface area contributed by atoms with Crippen LogP contribution in [0.1, 0.15) is 0 Å². The van der Waals surface area contributed by atoms with Crippen LogP contribution in [0, 0.1) is 0 Å². The fourth-order valence-corrected chi connectivity index (χ4v) is 2.61. The second-order valence-corrected chi connectivity index (χ2v) is 4.97. The molecule has 0 aliphatic heterocycles. The van der Waals surface area contributed by atoms with Crippen molar-refractivity contribution in [3.63, 3.8) is 0 Å². The summed E-state index contributed by atoms with van der Waals surface area (Å²) in [6, 6.07) is 24.6. The molecule has 0 bridgehead atoms. The Morgan fingerprint density at radius 3 is 1.77 bits per heavy atom. The molecule has 0 aromatic heterocycles. The summed E-state index contributed by atoms with van der Waals surface area (Å²) in [4.78, 5) is 0. The summed E-state index contributed by atoms with van der Waals surface area (Å²) in [5.74, 6) is 1.74. The average molecular weight is 290 g/mol. The van der Waals surface area contributed by atoms with Gasteiger partial charge in [0.25, 0.3) is 0 Å². The Bertz CT molecular complexity index is 761. The first-order chi connectivity index (χ1) is 10.8. The zero-order valence-electron chi connectivity index (χ0n) is 12.7. The van der Waals surface area contributed by atoms with E-state index < -0.39 is 0 Å². The normalized spacial score (nSPS) is 10.3. The second-order valence-electron chi connectivity index (χ2n) is 4.97. The van der Waals surface area contributed by atoms with E-state index in [1.165, 1.54) is 5.56 Å². The number of hydrogen-bond acceptors (Lipinski definition) is 2. The summed E-state index contributed by atoms with van der Waals surface area (Å²) in [6.07, 6.45) is 0. The SMILES string of the molecule is COc1ccc(-c2ccccc2-c2ccccc2OC)cc1. The van der Waals surface area contributed by atoms with Gasteiger partial charge in [-0.1, -0.05) is 54.6 Å². The molecule has 0 atom stereocenters. The Morgan fingerprint density at radius 1 is 0.545 bits per heavy atom. The summed E-state index contributed by atoms with van der Waals surface area (Å²) in [7, 11) is 3.38. The van der Waals surface area contributed by atoms with Crippen LogP contribution in [0.5, 0.6) is 11.5 Å². The van der Waals surface area contributed by atoms with Crippen LogP contribution < -0.4 is 9.47 Å². The summed E-state index contributed by atoms with van der Waals surface area (Å²) < 4.78 is 10.7. The first kappa shape index (κ1) is 14.2. The maximum absolute atomic E-state index is 5.51. The van der Waals surface area contributed by atoms with Gasteiger partial charge in [-0.05, 0) is 34.9 Å². The lowest BCUT2D eigenvalue weighted by Crippen LogP contribution is -1.90. The molecular weight excluding hydrogens is 272 g/mol. The van der Waals surface area contributed by atoms with Crippen molar-refractivity contribution in [2.75, 3.05) is 14.2 Å². The van der Waals surface area contributed by atoms with Gasteiger partial charge < -0.3 is 9.47 Å². The fraction of sp³-hybridized carbons (Fsp3) is 0.100. The lowest BCUT2D eigenvalue weighted by Gasteiger charge is -2.13. The Morgan fingerprint density at radius 2 is 1.14 bits per heavy atom. The standard InChI is InChI=1S/C20H18O2/c1-21-16-13-11-15(12-14-16)17-7-3-4-8-18(17)19-9-5-6-10-20(19)22-2/h3-14H,1-2H3. The lowest BCUT2D eigenvalue weighted by atomic mass is 9.94. The van der Waals surface area contributed by atoms with E-state index in [4.69, 9.17) is 9.47 Å². The minimum Gasteiger partial charge on any atom is -0.497 e. The van der Waals surface area contributed by atoms with E-state index in [9.17, 15) is 0 Å². The minimum atomic E-state index is 0.860. The average Bonchev–Trinajstić information content (AvgIpc) is 2.62. The van der Waals surface area contributed by atoms with Crippen molar-refractivity contribution < 1.29 is 9.47 Å². The molecule has 0 fully saturated rings. The van der Waals surface area contributed by atoms with Gasteiger partial charge in [-0.2, -0.15) is 0 Å². The van der Waals surface area contributed by atoms with Gasteiger partial charge >= 0.3 is 0 Å². The smallest absolute Gasteiger partial charge is 0.126 e. The summed E-state index contributed by atoms with van der Waals surface area (Å²) in [6.45, 7) is 0.